The molecule has 0 radical (unpaired) electrons. The number of rotatable bonds is 4. The topological polar surface area (TPSA) is 86.8 Å². The smallest absolute Gasteiger partial charge is 0.329 e. The molecule has 90 valence electrons. The minimum absolute atomic E-state index is 0.561. The van der Waals surface area contributed by atoms with Crippen molar-refractivity contribution < 1.29 is 24.5 Å². The van der Waals surface area contributed by atoms with Gasteiger partial charge in [-0.3, -0.25) is 0 Å². The van der Waals surface area contributed by atoms with E-state index in [4.69, 9.17) is 14.9 Å². The van der Waals surface area contributed by atoms with Crippen LogP contribution in [0.1, 0.15) is 0 Å². The molecule has 1 aliphatic heterocycles. The highest BCUT2D eigenvalue weighted by Crippen LogP contribution is 2.36. The molecule has 6 nitrogen and oxygen atoms in total. The van der Waals surface area contributed by atoms with Crippen LogP contribution in [0, 0.1) is 0 Å². The Bertz CT molecular complexity index is 435. The number of carbonyl (C=O) groups is 2. The van der Waals surface area contributed by atoms with Gasteiger partial charge in [-0.2, -0.15) is 0 Å². The number of hydrogen-bond acceptors (Lipinski definition) is 4. The molecule has 0 bridgehead atoms. The molecule has 6 heteroatoms. The molecule has 0 unspecified atom stereocenters. The Morgan fingerprint density at radius 2 is 1.59 bits per heavy atom. The Hall–Kier alpha value is -2.24. The van der Waals surface area contributed by atoms with Crippen molar-refractivity contribution in [2.24, 2.45) is 0 Å². The standard InChI is InChI=1S/C11H11NO5/c1-17-7-4-2-6(3-5-7)12-8(10(13)14)9(12)11(15)16/h2-5,8-9H,1H3,(H,13,14)(H,15,16)/t8-,9-/m1/s1. The number of aliphatic carboxylic acids is 2. The summed E-state index contributed by atoms with van der Waals surface area (Å²) in [5.74, 6) is -1.63. The number of methoxy groups -OCH3 is 1. The van der Waals surface area contributed by atoms with Gasteiger partial charge in [0.15, 0.2) is 12.1 Å². The van der Waals surface area contributed by atoms with Gasteiger partial charge in [0, 0.05) is 5.69 Å². The summed E-state index contributed by atoms with van der Waals surface area (Å²) in [6, 6.07) is 4.62. The van der Waals surface area contributed by atoms with Crippen molar-refractivity contribution in [2.45, 2.75) is 12.1 Å². The molecule has 1 aromatic carbocycles. The summed E-state index contributed by atoms with van der Waals surface area (Å²) in [6.45, 7) is 0. The Labute approximate surface area is 97.0 Å². The van der Waals surface area contributed by atoms with E-state index in [2.05, 4.69) is 0 Å². The van der Waals surface area contributed by atoms with Crippen LogP contribution in [0.15, 0.2) is 24.3 Å². The first-order valence-corrected chi connectivity index (χ1v) is 4.94. The Morgan fingerprint density at radius 1 is 1.12 bits per heavy atom. The van der Waals surface area contributed by atoms with E-state index in [1.54, 1.807) is 24.3 Å². The third-order valence-corrected chi connectivity index (χ3v) is 2.69. The van der Waals surface area contributed by atoms with Crippen molar-refractivity contribution in [2.75, 3.05) is 12.0 Å². The van der Waals surface area contributed by atoms with E-state index in [9.17, 15) is 9.59 Å². The van der Waals surface area contributed by atoms with Gasteiger partial charge < -0.3 is 19.8 Å². The minimum atomic E-state index is -1.13. The monoisotopic (exact) mass is 237 g/mol. The van der Waals surface area contributed by atoms with Crippen molar-refractivity contribution >= 4 is 17.6 Å². The normalized spacial score (nSPS) is 22.1. The second-order valence-corrected chi connectivity index (χ2v) is 3.67. The number of carboxylic acids is 2. The molecule has 17 heavy (non-hydrogen) atoms. The Balaban J connectivity index is 2.22. The van der Waals surface area contributed by atoms with Gasteiger partial charge in [0.05, 0.1) is 7.11 Å². The average molecular weight is 237 g/mol. The zero-order valence-electron chi connectivity index (χ0n) is 9.03. The summed E-state index contributed by atoms with van der Waals surface area (Å²) in [4.78, 5) is 23.0. The van der Waals surface area contributed by atoms with E-state index in [-0.39, 0.29) is 0 Å². The van der Waals surface area contributed by atoms with Crippen LogP contribution >= 0.6 is 0 Å². The minimum Gasteiger partial charge on any atom is -0.497 e. The van der Waals surface area contributed by atoms with Crippen LogP contribution in [0.25, 0.3) is 0 Å². The number of hydrogen-bond donors (Lipinski definition) is 2. The molecule has 0 saturated carbocycles. The van der Waals surface area contributed by atoms with Gasteiger partial charge in [0.1, 0.15) is 5.75 Å². The number of benzene rings is 1. The summed E-state index contributed by atoms with van der Waals surface area (Å²) in [5.41, 5.74) is 0.561. The molecule has 0 aromatic heterocycles. The lowest BCUT2D eigenvalue weighted by atomic mass is 10.3. The predicted molar refractivity (Wildman–Crippen MR) is 58.3 cm³/mol. The quantitative estimate of drug-likeness (QED) is 0.738. The van der Waals surface area contributed by atoms with Gasteiger partial charge in [-0.05, 0) is 24.3 Å². The van der Waals surface area contributed by atoms with Crippen molar-refractivity contribution in [3.8, 4) is 5.75 Å². The highest BCUT2D eigenvalue weighted by atomic mass is 16.5. The first kappa shape index (κ1) is 11.3. The summed E-state index contributed by atoms with van der Waals surface area (Å²) in [5, 5.41) is 17.8. The van der Waals surface area contributed by atoms with Gasteiger partial charge >= 0.3 is 11.9 Å². The van der Waals surface area contributed by atoms with Gasteiger partial charge in [0.2, 0.25) is 0 Å². The molecule has 1 heterocycles. The lowest BCUT2D eigenvalue weighted by molar-refractivity contribution is -0.140. The van der Waals surface area contributed by atoms with E-state index < -0.39 is 24.0 Å². The largest absolute Gasteiger partial charge is 0.497 e. The molecule has 0 aliphatic carbocycles. The molecular weight excluding hydrogens is 226 g/mol. The fourth-order valence-corrected chi connectivity index (χ4v) is 1.81. The predicted octanol–water partition coefficient (Wildman–Crippen LogP) is 0.422. The van der Waals surface area contributed by atoms with Crippen LogP contribution in [0.2, 0.25) is 0 Å². The molecule has 0 amide bonds. The molecule has 1 fully saturated rings. The molecule has 1 saturated heterocycles. The summed E-state index contributed by atoms with van der Waals surface area (Å²) < 4.78 is 4.97. The summed E-state index contributed by atoms with van der Waals surface area (Å²) in [7, 11) is 1.52. The van der Waals surface area contributed by atoms with Crippen LogP contribution in [-0.2, 0) is 9.59 Å². The van der Waals surface area contributed by atoms with E-state index in [0.29, 0.717) is 11.4 Å². The van der Waals surface area contributed by atoms with Gasteiger partial charge in [-0.1, -0.05) is 0 Å². The average Bonchev–Trinajstić information content (AvgIpc) is 3.04. The van der Waals surface area contributed by atoms with Gasteiger partial charge in [-0.15, -0.1) is 0 Å². The molecule has 0 spiro atoms. The molecule has 1 aromatic rings. The zero-order chi connectivity index (χ0) is 12.6. The van der Waals surface area contributed by atoms with Crippen molar-refractivity contribution in [3.05, 3.63) is 24.3 Å². The van der Waals surface area contributed by atoms with Crippen LogP contribution in [0.3, 0.4) is 0 Å². The van der Waals surface area contributed by atoms with E-state index in [1.807, 2.05) is 0 Å². The van der Waals surface area contributed by atoms with Gasteiger partial charge in [-0.25, -0.2) is 9.59 Å². The second kappa shape index (κ2) is 3.97. The van der Waals surface area contributed by atoms with Crippen LogP contribution in [0.5, 0.6) is 5.75 Å². The Kier molecular flexibility index (Phi) is 2.63. The molecule has 2 N–H and O–H groups in total. The summed E-state index contributed by atoms with van der Waals surface area (Å²) >= 11 is 0. The van der Waals surface area contributed by atoms with E-state index >= 15 is 0 Å². The number of anilines is 1. The van der Waals surface area contributed by atoms with Crippen LogP contribution in [0.4, 0.5) is 5.69 Å². The molecule has 1 aliphatic rings. The first-order valence-electron chi connectivity index (χ1n) is 4.94. The fraction of sp³-hybridized carbons (Fsp3) is 0.273. The van der Waals surface area contributed by atoms with Crippen LogP contribution in [-0.4, -0.2) is 41.3 Å². The Morgan fingerprint density at radius 3 is 1.94 bits per heavy atom. The van der Waals surface area contributed by atoms with Gasteiger partial charge in [0.25, 0.3) is 0 Å². The highest BCUT2D eigenvalue weighted by molar-refractivity contribution is 5.99. The zero-order valence-corrected chi connectivity index (χ0v) is 9.03. The lowest BCUT2D eigenvalue weighted by Gasteiger charge is -2.05. The summed E-state index contributed by atoms with van der Waals surface area (Å²) in [6.07, 6.45) is 0. The maximum absolute atomic E-state index is 10.9. The maximum atomic E-state index is 10.9. The van der Waals surface area contributed by atoms with Crippen LogP contribution < -0.4 is 9.64 Å². The lowest BCUT2D eigenvalue weighted by Crippen LogP contribution is -2.14. The number of nitrogens with zero attached hydrogens (tertiary/aromatic N) is 1. The maximum Gasteiger partial charge on any atom is 0.329 e. The van der Waals surface area contributed by atoms with Crippen molar-refractivity contribution in [1.82, 2.24) is 0 Å². The third-order valence-electron chi connectivity index (χ3n) is 2.69. The number of carboxylic acid groups (broad SMARTS) is 2. The SMILES string of the molecule is COc1ccc(N2[C@@H](C(=O)O)[C@@H]2C(=O)O)cc1. The molecular formula is C11H11NO5. The van der Waals surface area contributed by atoms with E-state index in [1.165, 1.54) is 12.0 Å². The first-order chi connectivity index (χ1) is 8.06. The molecule has 2 atom stereocenters. The fourth-order valence-electron chi connectivity index (χ4n) is 1.81. The van der Waals surface area contributed by atoms with E-state index in [0.717, 1.165) is 0 Å². The highest BCUT2D eigenvalue weighted by Gasteiger charge is 2.58. The third kappa shape index (κ3) is 1.89. The molecule has 2 rings (SSSR count). The number of ether oxygens (including phenoxy) is 1. The van der Waals surface area contributed by atoms with Crippen molar-refractivity contribution in [1.29, 1.82) is 0 Å². The van der Waals surface area contributed by atoms with Crippen molar-refractivity contribution in [3.63, 3.8) is 0 Å². The second-order valence-electron chi connectivity index (χ2n) is 3.67.